The van der Waals surface area contributed by atoms with E-state index in [1.807, 2.05) is 18.9 Å². The predicted molar refractivity (Wildman–Crippen MR) is 78.1 cm³/mol. The maximum atomic E-state index is 12.7. The third kappa shape index (κ3) is 4.53. The van der Waals surface area contributed by atoms with Crippen molar-refractivity contribution in [3.8, 4) is 0 Å². The van der Waals surface area contributed by atoms with Crippen molar-refractivity contribution in [2.45, 2.75) is 32.1 Å². The summed E-state index contributed by atoms with van der Waals surface area (Å²) in [6.45, 7) is 2.47. The molecular weight excluding hydrogens is 291 g/mol. The molecule has 2 aromatic rings. The van der Waals surface area contributed by atoms with E-state index in [1.54, 1.807) is 24.7 Å². The van der Waals surface area contributed by atoms with Crippen LogP contribution in [0.3, 0.4) is 0 Å². The number of nitrogens with zero attached hydrogens (tertiary/aromatic N) is 3. The summed E-state index contributed by atoms with van der Waals surface area (Å²) in [6, 6.07) is 5.59. The van der Waals surface area contributed by atoms with Gasteiger partial charge in [-0.3, -0.25) is 14.9 Å². The highest BCUT2D eigenvalue weighted by Gasteiger charge is 2.30. The summed E-state index contributed by atoms with van der Waals surface area (Å²) in [5.41, 5.74) is 0.897. The molecule has 0 aliphatic heterocycles. The van der Waals surface area contributed by atoms with Crippen LogP contribution in [0.5, 0.6) is 0 Å². The van der Waals surface area contributed by atoms with Crippen molar-refractivity contribution >= 4 is 0 Å². The van der Waals surface area contributed by atoms with Gasteiger partial charge in [-0.15, -0.1) is 0 Å². The van der Waals surface area contributed by atoms with Crippen molar-refractivity contribution in [1.29, 1.82) is 0 Å². The number of alkyl halides is 3. The zero-order valence-corrected chi connectivity index (χ0v) is 12.5. The van der Waals surface area contributed by atoms with Crippen LogP contribution in [-0.2, 0) is 19.1 Å². The lowest BCUT2D eigenvalue weighted by atomic mass is 10.1. The molecule has 0 radical (unpaired) electrons. The first-order valence-corrected chi connectivity index (χ1v) is 6.97. The van der Waals surface area contributed by atoms with Gasteiger partial charge in [-0.25, -0.2) is 0 Å². The molecular formula is C16H18F3N3. The van der Waals surface area contributed by atoms with E-state index in [0.717, 1.165) is 11.8 Å². The Hall–Kier alpha value is -1.95. The maximum absolute atomic E-state index is 12.7. The van der Waals surface area contributed by atoms with Crippen LogP contribution in [0.25, 0.3) is 0 Å². The zero-order valence-electron chi connectivity index (χ0n) is 12.5. The first-order valence-electron chi connectivity index (χ1n) is 6.97. The monoisotopic (exact) mass is 309 g/mol. The molecule has 0 fully saturated rings. The second-order valence-electron chi connectivity index (χ2n) is 5.36. The summed E-state index contributed by atoms with van der Waals surface area (Å²) in [7, 11) is 1.89. The van der Waals surface area contributed by atoms with Crippen LogP contribution in [-0.4, -0.2) is 28.0 Å². The average Bonchev–Trinajstić information content (AvgIpc) is 2.47. The Bertz CT molecular complexity index is 599. The van der Waals surface area contributed by atoms with Gasteiger partial charge in [-0.1, -0.05) is 18.2 Å². The topological polar surface area (TPSA) is 29.0 Å². The van der Waals surface area contributed by atoms with Gasteiger partial charge < -0.3 is 0 Å². The van der Waals surface area contributed by atoms with Crippen molar-refractivity contribution in [3.63, 3.8) is 0 Å². The van der Waals surface area contributed by atoms with Gasteiger partial charge in [-0.2, -0.15) is 13.2 Å². The van der Waals surface area contributed by atoms with Crippen LogP contribution in [0, 0.1) is 0 Å². The van der Waals surface area contributed by atoms with E-state index in [4.69, 9.17) is 0 Å². The number of hydrogen-bond acceptors (Lipinski definition) is 3. The van der Waals surface area contributed by atoms with Gasteiger partial charge in [0.2, 0.25) is 0 Å². The van der Waals surface area contributed by atoms with Gasteiger partial charge in [0.05, 0.1) is 11.3 Å². The molecule has 0 aliphatic carbocycles. The normalized spacial score (nSPS) is 13.4. The number of aromatic nitrogens is 2. The Balaban J connectivity index is 2.01. The smallest absolute Gasteiger partial charge is 0.299 e. The summed E-state index contributed by atoms with van der Waals surface area (Å²) in [6.07, 6.45) is 1.34. The SMILES string of the molecule is C[C@H](Cc1cnccn1)N(C)Cc1cccc(C(F)(F)F)c1. The van der Waals surface area contributed by atoms with Gasteiger partial charge >= 0.3 is 6.18 Å². The molecule has 0 bridgehead atoms. The number of halogens is 3. The molecule has 0 spiro atoms. The molecule has 2 rings (SSSR count). The average molecular weight is 309 g/mol. The molecule has 1 aromatic heterocycles. The summed E-state index contributed by atoms with van der Waals surface area (Å²) in [5.74, 6) is 0. The van der Waals surface area contributed by atoms with Crippen molar-refractivity contribution in [2.24, 2.45) is 0 Å². The quantitative estimate of drug-likeness (QED) is 0.845. The van der Waals surface area contributed by atoms with Crippen LogP contribution in [0.4, 0.5) is 13.2 Å². The van der Waals surface area contributed by atoms with E-state index in [1.165, 1.54) is 12.1 Å². The van der Waals surface area contributed by atoms with Crippen LogP contribution in [0.1, 0.15) is 23.7 Å². The summed E-state index contributed by atoms with van der Waals surface area (Å²) < 4.78 is 38.2. The third-order valence-electron chi connectivity index (χ3n) is 3.56. The Kier molecular flexibility index (Phi) is 5.13. The minimum Gasteiger partial charge on any atom is -0.299 e. The van der Waals surface area contributed by atoms with Gasteiger partial charge in [0, 0.05) is 37.6 Å². The van der Waals surface area contributed by atoms with Crippen molar-refractivity contribution < 1.29 is 13.2 Å². The van der Waals surface area contributed by atoms with Gasteiger partial charge in [0.1, 0.15) is 0 Å². The van der Waals surface area contributed by atoms with Gasteiger partial charge in [0.25, 0.3) is 0 Å². The lowest BCUT2D eigenvalue weighted by Crippen LogP contribution is -2.30. The standard InChI is InChI=1S/C16H18F3N3/c1-12(8-15-10-20-6-7-21-15)22(2)11-13-4-3-5-14(9-13)16(17,18)19/h3-7,9-10,12H,8,11H2,1-2H3/t12-/m1/s1. The van der Waals surface area contributed by atoms with Gasteiger partial charge in [-0.05, 0) is 25.6 Å². The highest BCUT2D eigenvalue weighted by Crippen LogP contribution is 2.29. The van der Waals surface area contributed by atoms with E-state index < -0.39 is 11.7 Å². The second-order valence-corrected chi connectivity index (χ2v) is 5.36. The molecule has 1 aromatic carbocycles. The van der Waals surface area contributed by atoms with E-state index in [9.17, 15) is 13.2 Å². The van der Waals surface area contributed by atoms with Crippen LogP contribution < -0.4 is 0 Å². The fraction of sp³-hybridized carbons (Fsp3) is 0.375. The Morgan fingerprint density at radius 3 is 2.64 bits per heavy atom. The van der Waals surface area contributed by atoms with Crippen LogP contribution >= 0.6 is 0 Å². The number of benzene rings is 1. The highest BCUT2D eigenvalue weighted by atomic mass is 19.4. The molecule has 0 N–H and O–H groups in total. The molecule has 1 heterocycles. The Morgan fingerprint density at radius 1 is 1.23 bits per heavy atom. The zero-order chi connectivity index (χ0) is 16.2. The van der Waals surface area contributed by atoms with E-state index in [-0.39, 0.29) is 6.04 Å². The molecule has 0 saturated carbocycles. The van der Waals surface area contributed by atoms with Crippen molar-refractivity contribution in [1.82, 2.24) is 14.9 Å². The lowest BCUT2D eigenvalue weighted by Gasteiger charge is -2.24. The molecule has 1 atom stereocenters. The number of likely N-dealkylation sites (N-methyl/N-ethyl adjacent to an activating group) is 1. The van der Waals surface area contributed by atoms with Gasteiger partial charge in [0.15, 0.2) is 0 Å². The number of hydrogen-bond donors (Lipinski definition) is 0. The predicted octanol–water partition coefficient (Wildman–Crippen LogP) is 3.56. The fourth-order valence-corrected chi connectivity index (χ4v) is 2.18. The van der Waals surface area contributed by atoms with Crippen molar-refractivity contribution in [2.75, 3.05) is 7.05 Å². The summed E-state index contributed by atoms with van der Waals surface area (Å²) in [4.78, 5) is 10.2. The molecule has 22 heavy (non-hydrogen) atoms. The lowest BCUT2D eigenvalue weighted by molar-refractivity contribution is -0.137. The van der Waals surface area contributed by atoms with Crippen molar-refractivity contribution in [3.05, 3.63) is 59.7 Å². The summed E-state index contributed by atoms with van der Waals surface area (Å²) >= 11 is 0. The van der Waals surface area contributed by atoms with Crippen LogP contribution in [0.2, 0.25) is 0 Å². The minimum absolute atomic E-state index is 0.145. The third-order valence-corrected chi connectivity index (χ3v) is 3.56. The highest BCUT2D eigenvalue weighted by molar-refractivity contribution is 5.25. The Labute approximate surface area is 127 Å². The second kappa shape index (κ2) is 6.87. The molecule has 3 nitrogen and oxygen atoms in total. The summed E-state index contributed by atoms with van der Waals surface area (Å²) in [5, 5.41) is 0. The molecule has 118 valence electrons. The number of rotatable bonds is 5. The minimum atomic E-state index is -4.31. The van der Waals surface area contributed by atoms with E-state index >= 15 is 0 Å². The molecule has 0 saturated heterocycles. The first-order chi connectivity index (χ1) is 10.4. The van der Waals surface area contributed by atoms with E-state index in [2.05, 4.69) is 9.97 Å². The first kappa shape index (κ1) is 16.4. The molecule has 6 heteroatoms. The van der Waals surface area contributed by atoms with Crippen LogP contribution in [0.15, 0.2) is 42.9 Å². The van der Waals surface area contributed by atoms with E-state index in [0.29, 0.717) is 18.5 Å². The molecule has 0 aliphatic rings. The maximum Gasteiger partial charge on any atom is 0.416 e. The largest absolute Gasteiger partial charge is 0.416 e. The molecule has 0 unspecified atom stereocenters. The Morgan fingerprint density at radius 2 is 2.00 bits per heavy atom. The fourth-order valence-electron chi connectivity index (χ4n) is 2.18. The molecule has 0 amide bonds.